The summed E-state index contributed by atoms with van der Waals surface area (Å²) in [5.74, 6) is -0.765. The monoisotopic (exact) mass is 255 g/mol. The summed E-state index contributed by atoms with van der Waals surface area (Å²) in [5.41, 5.74) is 0. The number of nitrogens with zero attached hydrogens (tertiary/aromatic N) is 1. The second kappa shape index (κ2) is 6.53. The number of hydrogen-bond acceptors (Lipinski definition) is 3. The Morgan fingerprint density at radius 2 is 1.61 bits per heavy atom. The lowest BCUT2D eigenvalue weighted by Crippen LogP contribution is -2.50. The molecule has 4 heteroatoms. The lowest BCUT2D eigenvalue weighted by Gasteiger charge is -2.37. The Labute approximate surface area is 109 Å². The number of aliphatic carboxylic acids is 1. The quantitative estimate of drug-likeness (QED) is 0.754. The van der Waals surface area contributed by atoms with Gasteiger partial charge in [-0.2, -0.15) is 0 Å². The van der Waals surface area contributed by atoms with Crippen molar-refractivity contribution < 1.29 is 15.0 Å². The van der Waals surface area contributed by atoms with Gasteiger partial charge in [0, 0.05) is 12.1 Å². The molecular formula is C14H25NO3. The molecule has 0 aromatic carbocycles. The van der Waals surface area contributed by atoms with Crippen LogP contribution < -0.4 is 0 Å². The second-order valence-electron chi connectivity index (χ2n) is 5.78. The largest absolute Gasteiger partial charge is 0.480 e. The molecule has 0 radical (unpaired) electrons. The summed E-state index contributed by atoms with van der Waals surface area (Å²) in [4.78, 5) is 13.2. The van der Waals surface area contributed by atoms with Crippen molar-refractivity contribution in [3.8, 4) is 0 Å². The van der Waals surface area contributed by atoms with Gasteiger partial charge < -0.3 is 10.2 Å². The van der Waals surface area contributed by atoms with Gasteiger partial charge in [-0.1, -0.05) is 32.1 Å². The summed E-state index contributed by atoms with van der Waals surface area (Å²) in [5, 5.41) is 19.4. The first kappa shape index (κ1) is 13.8. The fourth-order valence-electron chi connectivity index (χ4n) is 3.56. The van der Waals surface area contributed by atoms with Gasteiger partial charge in [-0.25, -0.2) is 0 Å². The van der Waals surface area contributed by atoms with Gasteiger partial charge in [0.2, 0.25) is 0 Å². The van der Waals surface area contributed by atoms with Crippen LogP contribution in [-0.2, 0) is 4.79 Å². The Balaban J connectivity index is 2.07. The van der Waals surface area contributed by atoms with Crippen molar-refractivity contribution in [2.24, 2.45) is 0 Å². The highest BCUT2D eigenvalue weighted by atomic mass is 16.4. The van der Waals surface area contributed by atoms with Gasteiger partial charge in [0.15, 0.2) is 0 Å². The molecule has 0 aromatic heterocycles. The van der Waals surface area contributed by atoms with Gasteiger partial charge in [-0.15, -0.1) is 0 Å². The molecule has 0 bridgehead atoms. The molecule has 0 saturated heterocycles. The van der Waals surface area contributed by atoms with E-state index in [2.05, 4.69) is 4.90 Å². The zero-order valence-corrected chi connectivity index (χ0v) is 11.1. The Morgan fingerprint density at radius 3 is 2.28 bits per heavy atom. The highest BCUT2D eigenvalue weighted by Gasteiger charge is 2.34. The smallest absolute Gasteiger partial charge is 0.317 e. The molecule has 2 N–H and O–H groups in total. The van der Waals surface area contributed by atoms with E-state index in [-0.39, 0.29) is 18.7 Å². The van der Waals surface area contributed by atoms with Crippen LogP contribution in [0.5, 0.6) is 0 Å². The molecular weight excluding hydrogens is 230 g/mol. The standard InChI is InChI=1S/C14H25NO3/c16-13-9-3-1-2-8-12(13)15(10-14(17)18)11-6-4-5-7-11/h11-13,16H,1-10H2,(H,17,18). The Bertz CT molecular complexity index is 276. The molecule has 4 nitrogen and oxygen atoms in total. The first-order valence-corrected chi connectivity index (χ1v) is 7.34. The number of aliphatic hydroxyl groups excluding tert-OH is 1. The summed E-state index contributed by atoms with van der Waals surface area (Å²) >= 11 is 0. The highest BCUT2D eigenvalue weighted by molar-refractivity contribution is 5.69. The minimum absolute atomic E-state index is 0.0618. The van der Waals surface area contributed by atoms with Crippen molar-refractivity contribution in [1.82, 2.24) is 4.90 Å². The molecule has 0 amide bonds. The van der Waals surface area contributed by atoms with Crippen molar-refractivity contribution in [1.29, 1.82) is 0 Å². The van der Waals surface area contributed by atoms with E-state index in [1.165, 1.54) is 19.3 Å². The molecule has 2 saturated carbocycles. The van der Waals surface area contributed by atoms with E-state index in [9.17, 15) is 9.90 Å². The SMILES string of the molecule is O=C(O)CN(C1CCCC1)C1CCCCCC1O. The summed E-state index contributed by atoms with van der Waals surface area (Å²) in [6.07, 6.45) is 9.37. The second-order valence-corrected chi connectivity index (χ2v) is 5.78. The molecule has 2 atom stereocenters. The molecule has 2 fully saturated rings. The average molecular weight is 255 g/mol. The molecule has 0 aliphatic heterocycles. The van der Waals surface area contributed by atoms with Gasteiger partial charge >= 0.3 is 5.97 Å². The minimum Gasteiger partial charge on any atom is -0.480 e. The normalized spacial score (nSPS) is 30.6. The van der Waals surface area contributed by atoms with E-state index in [0.29, 0.717) is 6.04 Å². The maximum atomic E-state index is 11.1. The van der Waals surface area contributed by atoms with E-state index in [4.69, 9.17) is 5.11 Å². The number of carbonyl (C=O) groups is 1. The van der Waals surface area contributed by atoms with Crippen LogP contribution >= 0.6 is 0 Å². The van der Waals surface area contributed by atoms with Gasteiger partial charge in [0.25, 0.3) is 0 Å². The lowest BCUT2D eigenvalue weighted by atomic mass is 10.0. The molecule has 18 heavy (non-hydrogen) atoms. The van der Waals surface area contributed by atoms with Crippen LogP contribution in [-0.4, -0.2) is 45.8 Å². The molecule has 2 unspecified atom stereocenters. The Hall–Kier alpha value is -0.610. The fourth-order valence-corrected chi connectivity index (χ4v) is 3.56. The number of carboxylic acids is 1. The van der Waals surface area contributed by atoms with Gasteiger partial charge in [-0.05, 0) is 25.7 Å². The van der Waals surface area contributed by atoms with Crippen molar-refractivity contribution in [3.05, 3.63) is 0 Å². The first-order valence-electron chi connectivity index (χ1n) is 7.34. The minimum atomic E-state index is -0.765. The molecule has 2 aliphatic carbocycles. The maximum Gasteiger partial charge on any atom is 0.317 e. The van der Waals surface area contributed by atoms with E-state index in [1.54, 1.807) is 0 Å². The summed E-state index contributed by atoms with van der Waals surface area (Å²) in [6, 6.07) is 0.436. The van der Waals surface area contributed by atoms with Crippen molar-refractivity contribution in [2.75, 3.05) is 6.54 Å². The molecule has 2 aliphatic rings. The third-order valence-electron chi connectivity index (χ3n) is 4.48. The van der Waals surface area contributed by atoms with Crippen LogP contribution in [0.3, 0.4) is 0 Å². The van der Waals surface area contributed by atoms with Gasteiger partial charge in [0.1, 0.15) is 0 Å². The lowest BCUT2D eigenvalue weighted by molar-refractivity contribution is -0.140. The zero-order chi connectivity index (χ0) is 13.0. The van der Waals surface area contributed by atoms with E-state index in [0.717, 1.165) is 38.5 Å². The van der Waals surface area contributed by atoms with Crippen molar-refractivity contribution in [3.63, 3.8) is 0 Å². The summed E-state index contributed by atoms with van der Waals surface area (Å²) in [7, 11) is 0. The summed E-state index contributed by atoms with van der Waals surface area (Å²) < 4.78 is 0. The number of aliphatic hydroxyl groups is 1. The third-order valence-corrected chi connectivity index (χ3v) is 4.48. The van der Waals surface area contributed by atoms with E-state index >= 15 is 0 Å². The molecule has 2 rings (SSSR count). The van der Waals surface area contributed by atoms with Crippen LogP contribution in [0.2, 0.25) is 0 Å². The predicted molar refractivity (Wildman–Crippen MR) is 69.5 cm³/mol. The van der Waals surface area contributed by atoms with Crippen molar-refractivity contribution in [2.45, 2.75) is 76.0 Å². The number of hydrogen-bond donors (Lipinski definition) is 2. The number of carboxylic acid groups (broad SMARTS) is 1. The molecule has 0 heterocycles. The third kappa shape index (κ3) is 3.45. The molecule has 104 valence electrons. The predicted octanol–water partition coefficient (Wildman–Crippen LogP) is 2.01. The van der Waals surface area contributed by atoms with E-state index < -0.39 is 5.97 Å². The molecule has 0 spiro atoms. The fraction of sp³-hybridized carbons (Fsp3) is 0.929. The topological polar surface area (TPSA) is 60.8 Å². The Kier molecular flexibility index (Phi) is 5.01. The van der Waals surface area contributed by atoms with Gasteiger partial charge in [-0.3, -0.25) is 9.69 Å². The highest BCUT2D eigenvalue weighted by Crippen LogP contribution is 2.30. The van der Waals surface area contributed by atoms with Crippen LogP contribution in [0.25, 0.3) is 0 Å². The maximum absolute atomic E-state index is 11.1. The van der Waals surface area contributed by atoms with Crippen LogP contribution in [0.4, 0.5) is 0 Å². The van der Waals surface area contributed by atoms with Crippen LogP contribution in [0.1, 0.15) is 57.8 Å². The van der Waals surface area contributed by atoms with Gasteiger partial charge in [0.05, 0.1) is 12.6 Å². The first-order chi connectivity index (χ1) is 8.68. The van der Waals surface area contributed by atoms with Crippen LogP contribution in [0.15, 0.2) is 0 Å². The Morgan fingerprint density at radius 1 is 1.00 bits per heavy atom. The zero-order valence-electron chi connectivity index (χ0n) is 11.1. The van der Waals surface area contributed by atoms with E-state index in [1.807, 2.05) is 0 Å². The average Bonchev–Trinajstić information content (AvgIpc) is 2.76. The van der Waals surface area contributed by atoms with Crippen molar-refractivity contribution >= 4 is 5.97 Å². The van der Waals surface area contributed by atoms with Crippen LogP contribution in [0, 0.1) is 0 Å². The molecule has 0 aromatic rings. The number of rotatable bonds is 4. The summed E-state index contributed by atoms with van der Waals surface area (Å²) in [6.45, 7) is 0.0897.